The third kappa shape index (κ3) is 2.80. The van der Waals surface area contributed by atoms with E-state index in [1.807, 2.05) is 0 Å². The Balaban J connectivity index is 2.27. The predicted molar refractivity (Wildman–Crippen MR) is 80.8 cm³/mol. The van der Waals surface area contributed by atoms with Crippen LogP contribution in [0.15, 0.2) is 22.7 Å². The first-order chi connectivity index (χ1) is 8.13. The van der Waals surface area contributed by atoms with Crippen molar-refractivity contribution in [3.8, 4) is 0 Å². The average molecular weight is 315 g/mol. The Bertz CT molecular complexity index is 397. The van der Waals surface area contributed by atoms with Gasteiger partial charge in [0.05, 0.1) is 5.69 Å². The van der Waals surface area contributed by atoms with Crippen molar-refractivity contribution in [3.05, 3.63) is 28.2 Å². The SMILES string of the molecule is CC1SCCN(c2ccc(CN)cc2Br)C1C. The Kier molecular flexibility index (Phi) is 4.39. The van der Waals surface area contributed by atoms with Crippen LogP contribution in [-0.2, 0) is 6.54 Å². The molecular weight excluding hydrogens is 296 g/mol. The molecule has 0 aromatic heterocycles. The maximum atomic E-state index is 5.66. The molecule has 2 nitrogen and oxygen atoms in total. The van der Waals surface area contributed by atoms with Crippen LogP contribution in [0.2, 0.25) is 0 Å². The van der Waals surface area contributed by atoms with Crippen LogP contribution in [0.5, 0.6) is 0 Å². The highest BCUT2D eigenvalue weighted by molar-refractivity contribution is 9.10. The van der Waals surface area contributed by atoms with Crippen LogP contribution >= 0.6 is 27.7 Å². The number of hydrogen-bond acceptors (Lipinski definition) is 3. The molecule has 1 fully saturated rings. The lowest BCUT2D eigenvalue weighted by Gasteiger charge is -2.39. The van der Waals surface area contributed by atoms with E-state index in [1.54, 1.807) is 0 Å². The monoisotopic (exact) mass is 314 g/mol. The van der Waals surface area contributed by atoms with Crippen LogP contribution in [0.3, 0.4) is 0 Å². The zero-order chi connectivity index (χ0) is 12.4. The van der Waals surface area contributed by atoms with E-state index in [9.17, 15) is 0 Å². The minimum absolute atomic E-state index is 0.578. The van der Waals surface area contributed by atoms with E-state index in [4.69, 9.17) is 5.73 Å². The smallest absolute Gasteiger partial charge is 0.0513 e. The molecule has 2 unspecified atom stereocenters. The number of benzene rings is 1. The maximum absolute atomic E-state index is 5.66. The molecule has 94 valence electrons. The summed E-state index contributed by atoms with van der Waals surface area (Å²) in [5.74, 6) is 1.20. The van der Waals surface area contributed by atoms with Crippen molar-refractivity contribution in [2.24, 2.45) is 5.73 Å². The van der Waals surface area contributed by atoms with Gasteiger partial charge in [-0.3, -0.25) is 0 Å². The van der Waals surface area contributed by atoms with Crippen molar-refractivity contribution in [2.75, 3.05) is 17.2 Å². The van der Waals surface area contributed by atoms with Crippen LogP contribution in [0.1, 0.15) is 19.4 Å². The highest BCUT2D eigenvalue weighted by Gasteiger charge is 2.26. The summed E-state index contributed by atoms with van der Waals surface area (Å²) in [4.78, 5) is 2.49. The van der Waals surface area contributed by atoms with Gasteiger partial charge in [0.15, 0.2) is 0 Å². The minimum atomic E-state index is 0.578. The van der Waals surface area contributed by atoms with Crippen LogP contribution in [0.4, 0.5) is 5.69 Å². The van der Waals surface area contributed by atoms with E-state index in [-0.39, 0.29) is 0 Å². The third-order valence-corrected chi connectivity index (χ3v) is 5.41. The van der Waals surface area contributed by atoms with Gasteiger partial charge in [-0.05, 0) is 40.5 Å². The quantitative estimate of drug-likeness (QED) is 0.908. The predicted octanol–water partition coefficient (Wildman–Crippen LogP) is 3.24. The van der Waals surface area contributed by atoms with Crippen molar-refractivity contribution in [2.45, 2.75) is 31.7 Å². The first-order valence-corrected chi connectivity index (χ1v) is 7.84. The second-order valence-corrected chi connectivity index (χ2v) is 6.84. The van der Waals surface area contributed by atoms with Gasteiger partial charge in [-0.2, -0.15) is 11.8 Å². The van der Waals surface area contributed by atoms with Gasteiger partial charge in [0, 0.05) is 34.6 Å². The molecule has 0 bridgehead atoms. The van der Waals surface area contributed by atoms with Crippen LogP contribution in [-0.4, -0.2) is 23.6 Å². The van der Waals surface area contributed by atoms with Gasteiger partial charge in [0.25, 0.3) is 0 Å². The molecule has 1 aromatic carbocycles. The lowest BCUT2D eigenvalue weighted by atomic mass is 10.1. The summed E-state index contributed by atoms with van der Waals surface area (Å²) >= 11 is 5.73. The summed E-state index contributed by atoms with van der Waals surface area (Å²) in [5.41, 5.74) is 8.13. The fourth-order valence-corrected chi connectivity index (χ4v) is 3.94. The van der Waals surface area contributed by atoms with Crippen molar-refractivity contribution >= 4 is 33.4 Å². The normalized spacial score (nSPS) is 25.1. The Morgan fingerprint density at radius 3 is 2.88 bits per heavy atom. The second-order valence-electron chi connectivity index (χ2n) is 4.50. The number of thioether (sulfide) groups is 1. The van der Waals surface area contributed by atoms with Crippen molar-refractivity contribution in [3.63, 3.8) is 0 Å². The topological polar surface area (TPSA) is 29.3 Å². The first-order valence-electron chi connectivity index (χ1n) is 6.00. The number of nitrogens with zero attached hydrogens (tertiary/aromatic N) is 1. The van der Waals surface area contributed by atoms with Gasteiger partial charge >= 0.3 is 0 Å². The molecule has 1 heterocycles. The Labute approximate surface area is 116 Å². The molecule has 1 aromatic rings. The van der Waals surface area contributed by atoms with Crippen LogP contribution in [0, 0.1) is 0 Å². The summed E-state index contributed by atoms with van der Waals surface area (Å²) in [5, 5.41) is 0.685. The van der Waals surface area contributed by atoms with Gasteiger partial charge in [0.1, 0.15) is 0 Å². The Morgan fingerprint density at radius 1 is 1.47 bits per heavy atom. The summed E-state index contributed by atoms with van der Waals surface area (Å²) in [7, 11) is 0. The molecular formula is C13H19BrN2S. The third-order valence-electron chi connectivity index (χ3n) is 3.44. The molecule has 2 rings (SSSR count). The summed E-state index contributed by atoms with van der Waals surface area (Å²) in [6, 6.07) is 7.02. The number of rotatable bonds is 2. The molecule has 2 N–H and O–H groups in total. The van der Waals surface area contributed by atoms with Crippen molar-refractivity contribution in [1.29, 1.82) is 0 Å². The molecule has 0 spiro atoms. The Hall–Kier alpha value is -0.190. The van der Waals surface area contributed by atoms with Gasteiger partial charge < -0.3 is 10.6 Å². The van der Waals surface area contributed by atoms with Gasteiger partial charge in [0.2, 0.25) is 0 Å². The first kappa shape index (κ1) is 13.2. The molecule has 0 saturated carbocycles. The lowest BCUT2D eigenvalue weighted by Crippen LogP contribution is -2.44. The highest BCUT2D eigenvalue weighted by atomic mass is 79.9. The van der Waals surface area contributed by atoms with Gasteiger partial charge in [-0.15, -0.1) is 0 Å². The average Bonchev–Trinajstić information content (AvgIpc) is 2.33. The molecule has 0 aliphatic carbocycles. The van der Waals surface area contributed by atoms with E-state index >= 15 is 0 Å². The van der Waals surface area contributed by atoms with Crippen molar-refractivity contribution in [1.82, 2.24) is 0 Å². The van der Waals surface area contributed by atoms with Gasteiger partial charge in [-0.1, -0.05) is 13.0 Å². The molecule has 0 radical (unpaired) electrons. The second kappa shape index (κ2) is 5.63. The van der Waals surface area contributed by atoms with E-state index in [2.05, 4.69) is 64.6 Å². The number of hydrogen-bond donors (Lipinski definition) is 1. The lowest BCUT2D eigenvalue weighted by molar-refractivity contribution is 0.626. The highest BCUT2D eigenvalue weighted by Crippen LogP contribution is 2.34. The zero-order valence-electron chi connectivity index (χ0n) is 10.3. The minimum Gasteiger partial charge on any atom is -0.366 e. The van der Waals surface area contributed by atoms with Gasteiger partial charge in [-0.25, -0.2) is 0 Å². The number of nitrogens with two attached hydrogens (primary N) is 1. The molecule has 0 amide bonds. The molecule has 1 saturated heterocycles. The molecule has 2 atom stereocenters. The van der Waals surface area contributed by atoms with Crippen LogP contribution in [0.25, 0.3) is 0 Å². The van der Waals surface area contributed by atoms with Crippen molar-refractivity contribution < 1.29 is 0 Å². The summed E-state index contributed by atoms with van der Waals surface area (Å²) < 4.78 is 1.16. The Morgan fingerprint density at radius 2 is 2.24 bits per heavy atom. The molecule has 17 heavy (non-hydrogen) atoms. The van der Waals surface area contributed by atoms with E-state index < -0.39 is 0 Å². The largest absolute Gasteiger partial charge is 0.366 e. The number of anilines is 1. The number of halogens is 1. The van der Waals surface area contributed by atoms with Crippen LogP contribution < -0.4 is 10.6 Å². The molecule has 1 aliphatic rings. The fraction of sp³-hybridized carbons (Fsp3) is 0.538. The summed E-state index contributed by atoms with van der Waals surface area (Å²) in [6.07, 6.45) is 0. The molecule has 1 aliphatic heterocycles. The van der Waals surface area contributed by atoms with E-state index in [1.165, 1.54) is 17.0 Å². The summed E-state index contributed by atoms with van der Waals surface area (Å²) in [6.45, 7) is 6.33. The van der Waals surface area contributed by atoms with E-state index in [0.29, 0.717) is 17.8 Å². The maximum Gasteiger partial charge on any atom is 0.0513 e. The van der Waals surface area contributed by atoms with E-state index in [0.717, 1.165) is 11.0 Å². The zero-order valence-corrected chi connectivity index (χ0v) is 12.7. The standard InChI is InChI=1S/C13H19BrN2S/c1-9-10(2)17-6-5-16(9)13-4-3-11(8-15)7-12(13)14/h3-4,7,9-10H,5-6,8,15H2,1-2H3. The molecule has 4 heteroatoms. The fourth-order valence-electron chi connectivity index (χ4n) is 2.18.